The minimum absolute atomic E-state index is 0.0508. The van der Waals surface area contributed by atoms with Crippen LogP contribution in [-0.2, 0) is 9.53 Å². The number of aliphatic hydroxyl groups excluding tert-OH is 1. The number of allylic oxidation sites excluding steroid dienone is 2. The third-order valence-electron chi connectivity index (χ3n) is 13.9. The number of rotatable bonds is 4. The minimum Gasteiger partial charge on any atom is -0.441 e. The second-order valence-corrected chi connectivity index (χ2v) is 17.1. The number of nitrogens with one attached hydrogen (secondary N) is 1. The third kappa shape index (κ3) is 4.09. The molecule has 0 aromatic carbocycles. The highest BCUT2D eigenvalue weighted by Crippen LogP contribution is 2.76. The molecule has 5 rings (SSSR count). The zero-order valence-electron chi connectivity index (χ0n) is 27.1. The molecule has 0 unspecified atom stereocenters. The maximum Gasteiger partial charge on any atom is 0.407 e. The topological polar surface area (TPSA) is 75.6 Å². The van der Waals surface area contributed by atoms with Gasteiger partial charge in [0.25, 0.3) is 0 Å². The van der Waals surface area contributed by atoms with E-state index in [-0.39, 0.29) is 39.7 Å². The van der Waals surface area contributed by atoms with Crippen LogP contribution < -0.4 is 5.32 Å². The van der Waals surface area contributed by atoms with Gasteiger partial charge < -0.3 is 15.2 Å². The van der Waals surface area contributed by atoms with Crippen LogP contribution in [0.5, 0.6) is 0 Å². The van der Waals surface area contributed by atoms with Crippen molar-refractivity contribution in [3.05, 3.63) is 11.1 Å². The molecule has 40 heavy (non-hydrogen) atoms. The Kier molecular flexibility index (Phi) is 7.01. The van der Waals surface area contributed by atoms with E-state index in [1.807, 2.05) is 0 Å². The van der Waals surface area contributed by atoms with Crippen molar-refractivity contribution in [3.63, 3.8) is 0 Å². The Morgan fingerprint density at radius 2 is 1.62 bits per heavy atom. The summed E-state index contributed by atoms with van der Waals surface area (Å²) in [6.07, 6.45) is 9.60. The summed E-state index contributed by atoms with van der Waals surface area (Å²) < 4.78 is 5.57. The van der Waals surface area contributed by atoms with Crippen LogP contribution >= 0.6 is 0 Å². The number of carbonyl (C=O) groups is 2. The van der Waals surface area contributed by atoms with Gasteiger partial charge in [-0.2, -0.15) is 0 Å². The lowest BCUT2D eigenvalue weighted by Crippen LogP contribution is -2.66. The van der Waals surface area contributed by atoms with Gasteiger partial charge in [0, 0.05) is 12.5 Å². The Bertz CT molecular complexity index is 1100. The lowest BCUT2D eigenvalue weighted by atomic mass is 9.33. The van der Waals surface area contributed by atoms with E-state index in [0.717, 1.165) is 25.7 Å². The van der Waals surface area contributed by atoms with E-state index in [9.17, 15) is 14.7 Å². The monoisotopic (exact) mass is 555 g/mol. The van der Waals surface area contributed by atoms with Crippen LogP contribution in [0.1, 0.15) is 127 Å². The summed E-state index contributed by atoms with van der Waals surface area (Å²) in [7, 11) is 0. The van der Waals surface area contributed by atoms with Crippen LogP contribution in [0.4, 0.5) is 4.79 Å². The molecule has 0 heterocycles. The zero-order chi connectivity index (χ0) is 29.7. The number of carbonyl (C=O) groups excluding carboxylic acids is 2. The van der Waals surface area contributed by atoms with E-state index in [1.54, 1.807) is 19.4 Å². The SMILES string of the molecule is CC(C)C1=C2[C@H]3CC[C@@H]4[C@@]5(C)CC[C@H](NC(=O)OC(C)(C)CO)C(C)(C)[C@@H]5CC[C@@]4(C)[C@]3(C)CC[C@@]2(C)CC1=O. The van der Waals surface area contributed by atoms with Crippen molar-refractivity contribution < 1.29 is 19.4 Å². The van der Waals surface area contributed by atoms with Crippen LogP contribution in [0.3, 0.4) is 0 Å². The van der Waals surface area contributed by atoms with Crippen molar-refractivity contribution >= 4 is 11.9 Å². The predicted octanol–water partition coefficient (Wildman–Crippen LogP) is 7.85. The van der Waals surface area contributed by atoms with Gasteiger partial charge in [0.05, 0.1) is 6.61 Å². The molecular formula is C35H57NO4. The van der Waals surface area contributed by atoms with Crippen LogP contribution in [0.25, 0.3) is 0 Å². The van der Waals surface area contributed by atoms with Gasteiger partial charge in [-0.05, 0) is 122 Å². The average molecular weight is 556 g/mol. The molecule has 4 saturated carbocycles. The molecule has 0 radical (unpaired) electrons. The maximum absolute atomic E-state index is 13.3. The highest BCUT2D eigenvalue weighted by Gasteiger charge is 2.69. The molecule has 0 aliphatic heterocycles. The quantitative estimate of drug-likeness (QED) is 0.370. The van der Waals surface area contributed by atoms with Gasteiger partial charge in [-0.25, -0.2) is 4.79 Å². The highest BCUT2D eigenvalue weighted by molar-refractivity contribution is 6.00. The molecule has 0 saturated heterocycles. The molecule has 4 fully saturated rings. The molecule has 5 heteroatoms. The zero-order valence-corrected chi connectivity index (χ0v) is 27.1. The number of Topliss-reactive ketones (excluding diaryl/α,β-unsaturated/α-hetero) is 1. The van der Waals surface area contributed by atoms with Gasteiger partial charge >= 0.3 is 6.09 Å². The maximum atomic E-state index is 13.3. The first kappa shape index (κ1) is 30.1. The van der Waals surface area contributed by atoms with Gasteiger partial charge in [-0.1, -0.05) is 61.0 Å². The second-order valence-electron chi connectivity index (χ2n) is 17.1. The number of hydrogen-bond donors (Lipinski definition) is 2. The fourth-order valence-corrected chi connectivity index (χ4v) is 11.6. The summed E-state index contributed by atoms with van der Waals surface area (Å²) in [5.41, 5.74) is 2.55. The van der Waals surface area contributed by atoms with Crippen LogP contribution in [0.2, 0.25) is 0 Å². The number of fused-ring (bicyclic) bond motifs is 7. The van der Waals surface area contributed by atoms with Gasteiger partial charge in [-0.15, -0.1) is 0 Å². The van der Waals surface area contributed by atoms with Crippen molar-refractivity contribution in [1.29, 1.82) is 0 Å². The van der Waals surface area contributed by atoms with Crippen molar-refractivity contribution in [2.75, 3.05) is 6.61 Å². The first-order valence-electron chi connectivity index (χ1n) is 16.2. The standard InChI is InChI=1S/C35H57NO4/c1-21(2)27-23(38)19-32(7)17-18-34(9)22(28(27)32)11-12-25-33(8)15-14-26(36-29(39)40-30(3,4)20-37)31(5,6)24(33)13-16-35(25,34)10/h21-22,24-26,37H,11-20H2,1-10H3,(H,36,39)/t22-,24+,25-,26+,32+,33+,34-,35-/m1/s1. The Hall–Kier alpha value is -1.36. The molecular weight excluding hydrogens is 498 g/mol. The highest BCUT2D eigenvalue weighted by atomic mass is 16.6. The van der Waals surface area contributed by atoms with Crippen LogP contribution in [0.15, 0.2) is 11.1 Å². The molecule has 2 N–H and O–H groups in total. The molecule has 0 aromatic rings. The number of aliphatic hydroxyl groups is 1. The largest absolute Gasteiger partial charge is 0.441 e. The smallest absolute Gasteiger partial charge is 0.407 e. The Labute approximate surface area is 243 Å². The number of ketones is 1. The molecule has 5 aliphatic carbocycles. The van der Waals surface area contributed by atoms with E-state index >= 15 is 0 Å². The number of amides is 1. The Morgan fingerprint density at radius 1 is 0.950 bits per heavy atom. The molecule has 1 amide bonds. The average Bonchev–Trinajstić information content (AvgIpc) is 3.11. The van der Waals surface area contributed by atoms with Crippen LogP contribution in [-0.4, -0.2) is 35.2 Å². The van der Waals surface area contributed by atoms with Gasteiger partial charge in [0.1, 0.15) is 5.60 Å². The van der Waals surface area contributed by atoms with E-state index in [4.69, 9.17) is 4.74 Å². The summed E-state index contributed by atoms with van der Waals surface area (Å²) >= 11 is 0. The number of ether oxygens (including phenoxy) is 1. The van der Waals surface area contributed by atoms with E-state index in [0.29, 0.717) is 29.5 Å². The predicted molar refractivity (Wildman–Crippen MR) is 160 cm³/mol. The van der Waals surface area contributed by atoms with Crippen molar-refractivity contribution in [2.45, 2.75) is 139 Å². The summed E-state index contributed by atoms with van der Waals surface area (Å²) in [5, 5.41) is 12.8. The molecule has 0 spiro atoms. The first-order chi connectivity index (χ1) is 18.4. The Morgan fingerprint density at radius 3 is 2.25 bits per heavy atom. The molecule has 5 aliphatic rings. The lowest BCUT2D eigenvalue weighted by molar-refractivity contribution is -0.215. The fraction of sp³-hybridized carbons (Fsp3) is 0.886. The summed E-state index contributed by atoms with van der Waals surface area (Å²) in [6, 6.07) is 0.0579. The minimum atomic E-state index is -0.886. The molecule has 8 atom stereocenters. The summed E-state index contributed by atoms with van der Waals surface area (Å²) in [6.45, 7) is 22.7. The first-order valence-corrected chi connectivity index (χ1v) is 16.2. The number of hydrogen-bond acceptors (Lipinski definition) is 4. The van der Waals surface area contributed by atoms with Crippen molar-refractivity contribution in [2.24, 2.45) is 50.7 Å². The molecule has 0 bridgehead atoms. The van der Waals surface area contributed by atoms with Crippen molar-refractivity contribution in [3.8, 4) is 0 Å². The summed E-state index contributed by atoms with van der Waals surface area (Å²) in [4.78, 5) is 26.2. The third-order valence-corrected chi connectivity index (χ3v) is 13.9. The van der Waals surface area contributed by atoms with E-state index in [1.165, 1.54) is 37.7 Å². The van der Waals surface area contributed by atoms with E-state index < -0.39 is 11.7 Å². The molecule has 226 valence electrons. The van der Waals surface area contributed by atoms with Gasteiger partial charge in [-0.3, -0.25) is 4.79 Å². The Balaban J connectivity index is 1.44. The number of alkyl carbamates (subject to hydrolysis) is 1. The molecule has 5 nitrogen and oxygen atoms in total. The van der Waals surface area contributed by atoms with Gasteiger partial charge in [0.15, 0.2) is 5.78 Å². The molecule has 0 aromatic heterocycles. The van der Waals surface area contributed by atoms with Gasteiger partial charge in [0.2, 0.25) is 0 Å². The normalized spacial score (nSPS) is 44.5. The lowest BCUT2D eigenvalue weighted by Gasteiger charge is -2.72. The second kappa shape index (κ2) is 9.32. The van der Waals surface area contributed by atoms with Crippen molar-refractivity contribution in [1.82, 2.24) is 5.32 Å². The van der Waals surface area contributed by atoms with Crippen LogP contribution in [0, 0.1) is 50.7 Å². The fourth-order valence-electron chi connectivity index (χ4n) is 11.6. The van der Waals surface area contributed by atoms with E-state index in [2.05, 4.69) is 60.7 Å². The summed E-state index contributed by atoms with van der Waals surface area (Å²) in [5.74, 6) is 2.42.